The van der Waals surface area contributed by atoms with Gasteiger partial charge in [0.2, 0.25) is 0 Å². The number of carbonyl (C=O) groups excluding carboxylic acids is 2. The molecule has 0 aromatic carbocycles. The molecule has 14 heavy (non-hydrogen) atoms. The molecule has 82 valence electrons. The minimum absolute atomic E-state index is 0.215. The summed E-state index contributed by atoms with van der Waals surface area (Å²) in [6, 6.07) is 0. The molecule has 0 amide bonds. The lowest BCUT2D eigenvalue weighted by Gasteiger charge is -2.22. The second kappa shape index (κ2) is 5.66. The van der Waals surface area contributed by atoms with Gasteiger partial charge in [-0.25, -0.2) is 4.79 Å². The molecule has 0 aromatic rings. The van der Waals surface area contributed by atoms with E-state index in [0.717, 1.165) is 6.92 Å². The van der Waals surface area contributed by atoms with E-state index in [2.05, 4.69) is 4.74 Å². The average molecular weight is 208 g/mol. The van der Waals surface area contributed by atoms with Gasteiger partial charge in [0.25, 0.3) is 0 Å². The van der Waals surface area contributed by atoms with Crippen molar-refractivity contribution in [2.45, 2.75) is 31.3 Å². The number of esters is 1. The molecular weight excluding hydrogens is 196 g/mol. The van der Waals surface area contributed by atoms with Crippen LogP contribution in [-0.4, -0.2) is 57.3 Å². The van der Waals surface area contributed by atoms with Gasteiger partial charge in [-0.05, 0) is 6.92 Å². The van der Waals surface area contributed by atoms with Crippen LogP contribution in [0.4, 0.5) is 0 Å². The van der Waals surface area contributed by atoms with E-state index in [1.54, 1.807) is 0 Å². The highest BCUT2D eigenvalue weighted by molar-refractivity contribution is 5.80. The second-order valence-electron chi connectivity index (χ2n) is 2.70. The van der Waals surface area contributed by atoms with Crippen molar-refractivity contribution in [3.63, 3.8) is 0 Å². The zero-order chi connectivity index (χ0) is 11.3. The Morgan fingerprint density at radius 3 is 2.07 bits per heavy atom. The molecule has 4 atom stereocenters. The first-order valence-electron chi connectivity index (χ1n) is 3.78. The molecule has 0 aliphatic rings. The van der Waals surface area contributed by atoms with Gasteiger partial charge in [-0.15, -0.1) is 0 Å². The molecule has 0 radical (unpaired) electrons. The first-order valence-corrected chi connectivity index (χ1v) is 3.78. The van der Waals surface area contributed by atoms with E-state index in [1.807, 2.05) is 0 Å². The highest BCUT2D eigenvalue weighted by Crippen LogP contribution is 2.05. The molecule has 4 N–H and O–H groups in total. The maximum atomic E-state index is 10.7. The Balaban J connectivity index is 4.29. The largest absolute Gasteiger partial charge is 0.393 e. The number of aliphatic hydroxyl groups excluding tert-OH is 4. The van der Waals surface area contributed by atoms with Crippen LogP contribution in [0.5, 0.6) is 0 Å². The van der Waals surface area contributed by atoms with Crippen LogP contribution in [-0.2, 0) is 14.3 Å². The predicted octanol–water partition coefficient (Wildman–Crippen LogP) is -2.85. The van der Waals surface area contributed by atoms with E-state index in [0.29, 0.717) is 0 Å². The highest BCUT2D eigenvalue weighted by Gasteiger charge is 2.33. The second-order valence-corrected chi connectivity index (χ2v) is 2.70. The van der Waals surface area contributed by atoms with E-state index < -0.39 is 30.4 Å². The normalized spacial score (nSPS) is 19.2. The molecule has 0 heterocycles. The van der Waals surface area contributed by atoms with E-state index in [9.17, 15) is 9.59 Å². The van der Waals surface area contributed by atoms with Crippen LogP contribution in [0.25, 0.3) is 0 Å². The zero-order valence-electron chi connectivity index (χ0n) is 7.40. The Kier molecular flexibility index (Phi) is 5.24. The summed E-state index contributed by atoms with van der Waals surface area (Å²) in [5.74, 6) is -1.40. The summed E-state index contributed by atoms with van der Waals surface area (Å²) in [6.07, 6.45) is -7.03. The molecule has 0 unspecified atom stereocenters. The molecule has 0 fully saturated rings. The van der Waals surface area contributed by atoms with Crippen LogP contribution in [0.1, 0.15) is 6.92 Å². The van der Waals surface area contributed by atoms with Gasteiger partial charge in [0, 0.05) is 0 Å². The monoisotopic (exact) mass is 208 g/mol. The van der Waals surface area contributed by atoms with Crippen molar-refractivity contribution in [2.75, 3.05) is 0 Å². The Bertz CT molecular complexity index is 202. The van der Waals surface area contributed by atoms with Gasteiger partial charge in [0.1, 0.15) is 12.2 Å². The SMILES string of the molecule is C[C@H](O)[C@H](O)[C@@H](O)[C@@H](O)C(=O)OC=O. The molecule has 0 bridgehead atoms. The first kappa shape index (κ1) is 13.0. The number of hydrogen-bond donors (Lipinski definition) is 4. The maximum Gasteiger partial charge on any atom is 0.345 e. The summed E-state index contributed by atoms with van der Waals surface area (Å²) >= 11 is 0. The van der Waals surface area contributed by atoms with Gasteiger partial charge in [-0.3, -0.25) is 4.79 Å². The van der Waals surface area contributed by atoms with Crippen molar-refractivity contribution < 1.29 is 34.8 Å². The van der Waals surface area contributed by atoms with Crippen LogP contribution in [0.3, 0.4) is 0 Å². The van der Waals surface area contributed by atoms with E-state index in [4.69, 9.17) is 20.4 Å². The summed E-state index contributed by atoms with van der Waals surface area (Å²) in [6.45, 7) is 0.943. The van der Waals surface area contributed by atoms with Crippen molar-refractivity contribution in [3.8, 4) is 0 Å². The van der Waals surface area contributed by atoms with E-state index in [1.165, 1.54) is 0 Å². The fraction of sp³-hybridized carbons (Fsp3) is 0.714. The fourth-order valence-corrected chi connectivity index (χ4v) is 0.729. The molecule has 0 saturated heterocycles. The molecular formula is C7H12O7. The van der Waals surface area contributed by atoms with Crippen LogP contribution < -0.4 is 0 Å². The van der Waals surface area contributed by atoms with Gasteiger partial charge >= 0.3 is 12.4 Å². The van der Waals surface area contributed by atoms with E-state index >= 15 is 0 Å². The molecule has 7 nitrogen and oxygen atoms in total. The lowest BCUT2D eigenvalue weighted by Crippen LogP contribution is -2.47. The summed E-state index contributed by atoms with van der Waals surface area (Å²) in [5.41, 5.74) is 0. The quantitative estimate of drug-likeness (QED) is 0.218. The molecule has 0 aromatic heterocycles. The summed E-state index contributed by atoms with van der Waals surface area (Å²) < 4.78 is 3.73. The minimum atomic E-state index is -2.08. The summed E-state index contributed by atoms with van der Waals surface area (Å²) in [5, 5.41) is 35.9. The van der Waals surface area contributed by atoms with Gasteiger partial charge in [-0.2, -0.15) is 0 Å². The Morgan fingerprint density at radius 2 is 1.71 bits per heavy atom. The van der Waals surface area contributed by atoms with Crippen molar-refractivity contribution >= 4 is 12.4 Å². The number of hydrogen-bond acceptors (Lipinski definition) is 7. The van der Waals surface area contributed by atoms with Gasteiger partial charge in [0.15, 0.2) is 6.10 Å². The lowest BCUT2D eigenvalue weighted by atomic mass is 10.0. The average Bonchev–Trinajstić information content (AvgIpc) is 2.14. The third kappa shape index (κ3) is 3.38. The number of rotatable bonds is 5. The smallest absolute Gasteiger partial charge is 0.345 e. The Hall–Kier alpha value is -1.02. The van der Waals surface area contributed by atoms with Crippen molar-refractivity contribution in [3.05, 3.63) is 0 Å². The summed E-state index contributed by atoms with van der Waals surface area (Å²) in [4.78, 5) is 20.4. The standard InChI is InChI=1S/C7H12O7/c1-3(9)4(10)5(11)6(12)7(13)14-2-8/h2-6,9-12H,1H3/t3-,4-,5+,6+/m0/s1. The van der Waals surface area contributed by atoms with Crippen molar-refractivity contribution in [2.24, 2.45) is 0 Å². The topological polar surface area (TPSA) is 124 Å². The minimum Gasteiger partial charge on any atom is -0.393 e. The predicted molar refractivity (Wildman–Crippen MR) is 41.9 cm³/mol. The van der Waals surface area contributed by atoms with Crippen LogP contribution in [0.15, 0.2) is 0 Å². The van der Waals surface area contributed by atoms with Crippen molar-refractivity contribution in [1.29, 1.82) is 0 Å². The number of ether oxygens (including phenoxy) is 1. The highest BCUT2D eigenvalue weighted by atomic mass is 16.6. The lowest BCUT2D eigenvalue weighted by molar-refractivity contribution is -0.170. The molecule has 0 rings (SSSR count). The molecule has 0 saturated carbocycles. The third-order valence-electron chi connectivity index (χ3n) is 1.57. The zero-order valence-corrected chi connectivity index (χ0v) is 7.40. The van der Waals surface area contributed by atoms with Gasteiger partial charge < -0.3 is 25.2 Å². The van der Waals surface area contributed by atoms with Gasteiger partial charge in [-0.1, -0.05) is 0 Å². The molecule has 7 heteroatoms. The van der Waals surface area contributed by atoms with Crippen LogP contribution in [0.2, 0.25) is 0 Å². The van der Waals surface area contributed by atoms with E-state index in [-0.39, 0.29) is 6.47 Å². The molecule has 0 aliphatic heterocycles. The number of carbonyl (C=O) groups is 2. The maximum absolute atomic E-state index is 10.7. The molecule has 0 aliphatic carbocycles. The Labute approximate surface area is 79.5 Å². The van der Waals surface area contributed by atoms with Gasteiger partial charge in [0.05, 0.1) is 6.10 Å². The van der Waals surface area contributed by atoms with Crippen molar-refractivity contribution in [1.82, 2.24) is 0 Å². The third-order valence-corrected chi connectivity index (χ3v) is 1.57. The number of aliphatic hydroxyl groups is 4. The Morgan fingerprint density at radius 1 is 1.21 bits per heavy atom. The van der Waals surface area contributed by atoms with Crippen LogP contribution >= 0.6 is 0 Å². The first-order chi connectivity index (χ1) is 6.41. The fourth-order valence-electron chi connectivity index (χ4n) is 0.729. The summed E-state index contributed by atoms with van der Waals surface area (Å²) in [7, 11) is 0. The van der Waals surface area contributed by atoms with Crippen LogP contribution in [0, 0.1) is 0 Å². The molecule has 0 spiro atoms.